The first-order valence-corrected chi connectivity index (χ1v) is 5.91. The van der Waals surface area contributed by atoms with Gasteiger partial charge >= 0.3 is 0 Å². The normalized spacial score (nSPS) is 12.9. The van der Waals surface area contributed by atoms with E-state index in [1.165, 1.54) is 0 Å². The van der Waals surface area contributed by atoms with Crippen molar-refractivity contribution in [3.63, 3.8) is 0 Å². The molecule has 5 nitrogen and oxygen atoms in total. The van der Waals surface area contributed by atoms with Crippen LogP contribution in [-0.4, -0.2) is 32.4 Å². The van der Waals surface area contributed by atoms with Crippen LogP contribution in [0.15, 0.2) is 18.2 Å². The molecule has 0 saturated carbocycles. The molecule has 0 saturated heterocycles. The summed E-state index contributed by atoms with van der Waals surface area (Å²) in [4.78, 5) is 4.37. The fourth-order valence-electron chi connectivity index (χ4n) is 1.71. The lowest BCUT2D eigenvalue weighted by atomic mass is 10.2. The first kappa shape index (κ1) is 11.9. The van der Waals surface area contributed by atoms with Crippen molar-refractivity contribution < 1.29 is 5.11 Å². The number of fused-ring (bicyclic) bond motifs is 1. The van der Waals surface area contributed by atoms with Crippen LogP contribution in [0.25, 0.3) is 5.65 Å². The van der Waals surface area contributed by atoms with Gasteiger partial charge in [-0.1, -0.05) is 6.07 Å². The second-order valence-corrected chi connectivity index (χ2v) is 4.29. The fraction of sp³-hybridized carbons (Fsp3) is 0.500. The molecule has 0 amide bonds. The summed E-state index contributed by atoms with van der Waals surface area (Å²) in [7, 11) is 0. The summed E-state index contributed by atoms with van der Waals surface area (Å²) in [6.45, 7) is 4.58. The summed E-state index contributed by atoms with van der Waals surface area (Å²) >= 11 is 0. The Bertz CT molecular complexity index is 492. The molecule has 0 aliphatic rings. The number of aliphatic hydroxyl groups excluding tert-OH is 1. The van der Waals surface area contributed by atoms with Crippen LogP contribution >= 0.6 is 0 Å². The first-order chi connectivity index (χ1) is 8.16. The van der Waals surface area contributed by atoms with E-state index in [2.05, 4.69) is 15.4 Å². The molecule has 2 aromatic heterocycles. The number of nitrogens with one attached hydrogen (secondary N) is 1. The van der Waals surface area contributed by atoms with Gasteiger partial charge in [-0.2, -0.15) is 4.98 Å². The van der Waals surface area contributed by atoms with E-state index in [1.54, 1.807) is 6.92 Å². The highest BCUT2D eigenvalue weighted by molar-refractivity contribution is 5.44. The van der Waals surface area contributed by atoms with Gasteiger partial charge in [-0.3, -0.25) is 0 Å². The van der Waals surface area contributed by atoms with E-state index < -0.39 is 0 Å². The SMILES string of the molecule is Cc1cccc2nc(NCCCC(C)O)nn12. The monoisotopic (exact) mass is 234 g/mol. The number of anilines is 1. The molecule has 0 aliphatic heterocycles. The van der Waals surface area contributed by atoms with Gasteiger partial charge in [0.2, 0.25) is 5.95 Å². The quantitative estimate of drug-likeness (QED) is 0.771. The van der Waals surface area contributed by atoms with Crippen molar-refractivity contribution in [2.75, 3.05) is 11.9 Å². The van der Waals surface area contributed by atoms with Crippen LogP contribution in [0.5, 0.6) is 0 Å². The number of pyridine rings is 1. The van der Waals surface area contributed by atoms with Crippen LogP contribution in [0, 0.1) is 6.92 Å². The largest absolute Gasteiger partial charge is 0.393 e. The average molecular weight is 234 g/mol. The Morgan fingerprint density at radius 2 is 2.29 bits per heavy atom. The van der Waals surface area contributed by atoms with Crippen LogP contribution in [0.2, 0.25) is 0 Å². The van der Waals surface area contributed by atoms with Crippen molar-refractivity contribution >= 4 is 11.6 Å². The van der Waals surface area contributed by atoms with Crippen molar-refractivity contribution in [2.45, 2.75) is 32.8 Å². The van der Waals surface area contributed by atoms with Gasteiger partial charge in [0.15, 0.2) is 5.65 Å². The second-order valence-electron chi connectivity index (χ2n) is 4.29. The Hall–Kier alpha value is -1.62. The summed E-state index contributed by atoms with van der Waals surface area (Å²) in [5, 5.41) is 16.7. The third-order valence-corrected chi connectivity index (χ3v) is 2.63. The van der Waals surface area contributed by atoms with Crippen molar-refractivity contribution in [3.05, 3.63) is 23.9 Å². The minimum atomic E-state index is -0.243. The minimum Gasteiger partial charge on any atom is -0.393 e. The molecular weight excluding hydrogens is 216 g/mol. The zero-order valence-corrected chi connectivity index (χ0v) is 10.2. The highest BCUT2D eigenvalue weighted by Crippen LogP contribution is 2.08. The number of aromatic nitrogens is 3. The maximum Gasteiger partial charge on any atom is 0.243 e. The lowest BCUT2D eigenvalue weighted by Crippen LogP contribution is -2.07. The number of hydrogen-bond acceptors (Lipinski definition) is 4. The second kappa shape index (κ2) is 5.14. The molecule has 2 N–H and O–H groups in total. The van der Waals surface area contributed by atoms with Crippen LogP contribution in [0.3, 0.4) is 0 Å². The van der Waals surface area contributed by atoms with E-state index >= 15 is 0 Å². The van der Waals surface area contributed by atoms with Crippen molar-refractivity contribution in [1.82, 2.24) is 14.6 Å². The maximum atomic E-state index is 9.14. The van der Waals surface area contributed by atoms with Gasteiger partial charge in [-0.25, -0.2) is 4.52 Å². The molecule has 1 unspecified atom stereocenters. The predicted molar refractivity (Wildman–Crippen MR) is 67.1 cm³/mol. The van der Waals surface area contributed by atoms with E-state index in [-0.39, 0.29) is 6.10 Å². The van der Waals surface area contributed by atoms with E-state index in [9.17, 15) is 0 Å². The van der Waals surface area contributed by atoms with Gasteiger partial charge in [0.25, 0.3) is 0 Å². The smallest absolute Gasteiger partial charge is 0.243 e. The third-order valence-electron chi connectivity index (χ3n) is 2.63. The topological polar surface area (TPSA) is 62.5 Å². The van der Waals surface area contributed by atoms with Gasteiger partial charge in [0, 0.05) is 12.2 Å². The zero-order chi connectivity index (χ0) is 12.3. The first-order valence-electron chi connectivity index (χ1n) is 5.91. The lowest BCUT2D eigenvalue weighted by molar-refractivity contribution is 0.183. The van der Waals surface area contributed by atoms with Gasteiger partial charge in [-0.15, -0.1) is 5.10 Å². The summed E-state index contributed by atoms with van der Waals surface area (Å²) in [6, 6.07) is 5.90. The molecule has 2 heterocycles. The molecular formula is C12H18N4O. The summed E-state index contributed by atoms with van der Waals surface area (Å²) < 4.78 is 1.82. The Labute approximate surface area is 100 Å². The fourth-order valence-corrected chi connectivity index (χ4v) is 1.71. The van der Waals surface area contributed by atoms with E-state index in [1.807, 2.05) is 29.6 Å². The zero-order valence-electron chi connectivity index (χ0n) is 10.2. The van der Waals surface area contributed by atoms with E-state index in [0.29, 0.717) is 5.95 Å². The van der Waals surface area contributed by atoms with Crippen molar-refractivity contribution in [3.8, 4) is 0 Å². The highest BCUT2D eigenvalue weighted by atomic mass is 16.3. The Morgan fingerprint density at radius 3 is 3.00 bits per heavy atom. The Balaban J connectivity index is 1.98. The third kappa shape index (κ3) is 2.94. The van der Waals surface area contributed by atoms with E-state index in [0.717, 1.165) is 30.7 Å². The maximum absolute atomic E-state index is 9.14. The molecule has 17 heavy (non-hydrogen) atoms. The number of nitrogens with zero attached hydrogens (tertiary/aromatic N) is 3. The van der Waals surface area contributed by atoms with Gasteiger partial charge in [0.1, 0.15) is 0 Å². The Kier molecular flexibility index (Phi) is 3.58. The molecule has 0 fully saturated rings. The van der Waals surface area contributed by atoms with Gasteiger partial charge < -0.3 is 10.4 Å². The molecule has 0 spiro atoms. The average Bonchev–Trinajstić information content (AvgIpc) is 2.69. The minimum absolute atomic E-state index is 0.243. The highest BCUT2D eigenvalue weighted by Gasteiger charge is 2.04. The molecule has 0 aliphatic carbocycles. The summed E-state index contributed by atoms with van der Waals surface area (Å²) in [5.74, 6) is 0.643. The molecule has 2 rings (SSSR count). The number of aryl methyl sites for hydroxylation is 1. The van der Waals surface area contributed by atoms with Gasteiger partial charge in [-0.05, 0) is 38.8 Å². The van der Waals surface area contributed by atoms with Crippen LogP contribution in [0.4, 0.5) is 5.95 Å². The molecule has 0 aromatic carbocycles. The number of aliphatic hydroxyl groups is 1. The lowest BCUT2D eigenvalue weighted by Gasteiger charge is -2.03. The summed E-state index contributed by atoms with van der Waals surface area (Å²) in [5.41, 5.74) is 1.91. The van der Waals surface area contributed by atoms with Crippen LogP contribution < -0.4 is 5.32 Å². The molecule has 0 bridgehead atoms. The molecule has 0 radical (unpaired) electrons. The van der Waals surface area contributed by atoms with Crippen molar-refractivity contribution in [2.24, 2.45) is 0 Å². The number of rotatable bonds is 5. The van der Waals surface area contributed by atoms with Crippen LogP contribution in [-0.2, 0) is 0 Å². The van der Waals surface area contributed by atoms with Crippen LogP contribution in [0.1, 0.15) is 25.5 Å². The Morgan fingerprint density at radius 1 is 1.47 bits per heavy atom. The predicted octanol–water partition coefficient (Wildman–Crippen LogP) is 1.61. The molecule has 1 atom stereocenters. The number of hydrogen-bond donors (Lipinski definition) is 2. The standard InChI is InChI=1S/C12H18N4O/c1-9-5-3-7-11-14-12(15-16(9)11)13-8-4-6-10(2)17/h3,5,7,10,17H,4,6,8H2,1-2H3,(H,13,15). The van der Waals surface area contributed by atoms with Gasteiger partial charge in [0.05, 0.1) is 6.10 Å². The van der Waals surface area contributed by atoms with E-state index in [4.69, 9.17) is 5.11 Å². The van der Waals surface area contributed by atoms with Crippen molar-refractivity contribution in [1.29, 1.82) is 0 Å². The molecule has 92 valence electrons. The molecule has 2 aromatic rings. The molecule has 5 heteroatoms. The summed E-state index contributed by atoms with van der Waals surface area (Å²) in [6.07, 6.45) is 1.46.